The molecule has 0 radical (unpaired) electrons. The van der Waals surface area contributed by atoms with Gasteiger partial charge >= 0.3 is 0 Å². The topological polar surface area (TPSA) is 18.5 Å². The second-order valence-electron chi connectivity index (χ2n) is 6.92. The van der Waals surface area contributed by atoms with Gasteiger partial charge in [-0.05, 0) is 34.4 Å². The lowest BCUT2D eigenvalue weighted by molar-refractivity contribution is 0.000219. The quantitative estimate of drug-likeness (QED) is 0.355. The van der Waals surface area contributed by atoms with Gasteiger partial charge in [-0.25, -0.2) is 0 Å². The Morgan fingerprint density at radius 2 is 1.00 bits per heavy atom. The van der Waals surface area contributed by atoms with E-state index in [4.69, 9.17) is 9.47 Å². The van der Waals surface area contributed by atoms with Crippen LogP contribution in [-0.2, 0) is 16.9 Å². The van der Waals surface area contributed by atoms with Crippen LogP contribution in [0.25, 0.3) is 0 Å². The van der Waals surface area contributed by atoms with Crippen molar-refractivity contribution in [3.8, 4) is 5.75 Å². The molecule has 0 aliphatic rings. The van der Waals surface area contributed by atoms with Crippen LogP contribution < -0.4 is 4.74 Å². The molecule has 0 saturated carbocycles. The fourth-order valence-corrected chi connectivity index (χ4v) is 3.69. The van der Waals surface area contributed by atoms with E-state index in [1.54, 1.807) is 7.11 Å². The van der Waals surface area contributed by atoms with Crippen LogP contribution in [0.3, 0.4) is 0 Å². The first-order valence-corrected chi connectivity index (χ1v) is 9.76. The molecule has 0 amide bonds. The van der Waals surface area contributed by atoms with E-state index in [9.17, 15) is 0 Å². The first-order valence-electron chi connectivity index (χ1n) is 9.76. The van der Waals surface area contributed by atoms with Crippen molar-refractivity contribution >= 4 is 0 Å². The Hall–Kier alpha value is -3.36. The molecule has 4 aromatic carbocycles. The highest BCUT2D eigenvalue weighted by atomic mass is 16.5. The van der Waals surface area contributed by atoms with Crippen LogP contribution in [0.1, 0.15) is 22.3 Å². The van der Waals surface area contributed by atoms with Gasteiger partial charge in [-0.15, -0.1) is 0 Å². The Morgan fingerprint density at radius 1 is 0.552 bits per heavy atom. The van der Waals surface area contributed by atoms with Crippen LogP contribution in [0, 0.1) is 0 Å². The molecule has 0 aromatic heterocycles. The maximum atomic E-state index is 6.81. The minimum absolute atomic E-state index is 0.497. The summed E-state index contributed by atoms with van der Waals surface area (Å²) in [6.45, 7) is 0.497. The van der Waals surface area contributed by atoms with E-state index in [1.165, 1.54) is 0 Å². The molecular weight excluding hydrogens is 356 g/mol. The molecule has 0 saturated heterocycles. The molecule has 0 atom stereocenters. The summed E-state index contributed by atoms with van der Waals surface area (Å²) in [4.78, 5) is 0. The summed E-state index contributed by atoms with van der Waals surface area (Å²) in [7, 11) is 1.68. The molecule has 29 heavy (non-hydrogen) atoms. The van der Waals surface area contributed by atoms with Gasteiger partial charge in [0.1, 0.15) is 11.4 Å². The maximum Gasteiger partial charge on any atom is 0.144 e. The molecule has 2 nitrogen and oxygen atoms in total. The fourth-order valence-electron chi connectivity index (χ4n) is 3.69. The number of ether oxygens (including phenoxy) is 2. The van der Waals surface area contributed by atoms with E-state index in [-0.39, 0.29) is 0 Å². The molecule has 0 aliphatic heterocycles. The van der Waals surface area contributed by atoms with Crippen molar-refractivity contribution in [2.75, 3.05) is 7.11 Å². The van der Waals surface area contributed by atoms with Gasteiger partial charge in [0, 0.05) is 0 Å². The van der Waals surface area contributed by atoms with Gasteiger partial charge in [-0.3, -0.25) is 0 Å². The third kappa shape index (κ3) is 3.94. The molecule has 0 N–H and O–H groups in total. The molecule has 2 heteroatoms. The molecule has 4 aromatic rings. The molecule has 0 unspecified atom stereocenters. The lowest BCUT2D eigenvalue weighted by Crippen LogP contribution is -2.32. The number of hydrogen-bond acceptors (Lipinski definition) is 2. The van der Waals surface area contributed by atoms with Crippen LogP contribution in [0.2, 0.25) is 0 Å². The van der Waals surface area contributed by atoms with Crippen molar-refractivity contribution in [1.82, 2.24) is 0 Å². The summed E-state index contributed by atoms with van der Waals surface area (Å²) in [5, 5.41) is 0. The van der Waals surface area contributed by atoms with Gasteiger partial charge in [0.05, 0.1) is 13.7 Å². The number of benzene rings is 4. The van der Waals surface area contributed by atoms with Gasteiger partial charge in [0.15, 0.2) is 0 Å². The van der Waals surface area contributed by atoms with Crippen molar-refractivity contribution in [3.63, 3.8) is 0 Å². The summed E-state index contributed by atoms with van der Waals surface area (Å²) < 4.78 is 12.2. The Bertz CT molecular complexity index is 971. The first-order chi connectivity index (χ1) is 14.3. The molecule has 0 bridgehead atoms. The van der Waals surface area contributed by atoms with Crippen LogP contribution in [0.4, 0.5) is 0 Å². The summed E-state index contributed by atoms with van der Waals surface area (Å²) >= 11 is 0. The Morgan fingerprint density at radius 3 is 1.48 bits per heavy atom. The summed E-state index contributed by atoms with van der Waals surface area (Å²) in [6.07, 6.45) is 0. The highest BCUT2D eigenvalue weighted by Gasteiger charge is 2.37. The van der Waals surface area contributed by atoms with Crippen LogP contribution in [-0.4, -0.2) is 7.11 Å². The molecule has 0 fully saturated rings. The van der Waals surface area contributed by atoms with Gasteiger partial charge < -0.3 is 9.47 Å². The zero-order valence-corrected chi connectivity index (χ0v) is 16.5. The zero-order chi connectivity index (χ0) is 19.9. The van der Waals surface area contributed by atoms with Crippen molar-refractivity contribution in [2.45, 2.75) is 12.2 Å². The second-order valence-corrected chi connectivity index (χ2v) is 6.92. The second kappa shape index (κ2) is 8.76. The first kappa shape index (κ1) is 19.0. The summed E-state index contributed by atoms with van der Waals surface area (Å²) in [6, 6.07) is 39.2. The van der Waals surface area contributed by atoms with E-state index in [0.717, 1.165) is 28.0 Å². The summed E-state index contributed by atoms with van der Waals surface area (Å²) in [5.41, 5.74) is 3.65. The number of hydrogen-bond donors (Lipinski definition) is 0. The third-order valence-corrected chi connectivity index (χ3v) is 5.16. The van der Waals surface area contributed by atoms with Crippen LogP contribution in [0.5, 0.6) is 5.75 Å². The van der Waals surface area contributed by atoms with Crippen molar-refractivity contribution < 1.29 is 9.47 Å². The van der Waals surface area contributed by atoms with Crippen molar-refractivity contribution in [3.05, 3.63) is 138 Å². The van der Waals surface area contributed by atoms with Crippen LogP contribution >= 0.6 is 0 Å². The highest BCUT2D eigenvalue weighted by molar-refractivity contribution is 5.48. The van der Waals surface area contributed by atoms with E-state index in [2.05, 4.69) is 72.8 Å². The summed E-state index contributed by atoms with van der Waals surface area (Å²) in [5.74, 6) is 0.826. The largest absolute Gasteiger partial charge is 0.497 e. The van der Waals surface area contributed by atoms with Crippen LogP contribution in [0.15, 0.2) is 115 Å². The number of rotatable bonds is 7. The minimum atomic E-state index is -0.732. The van der Waals surface area contributed by atoms with Gasteiger partial charge in [0.25, 0.3) is 0 Å². The molecular formula is C27H24O2. The third-order valence-electron chi connectivity index (χ3n) is 5.16. The smallest absolute Gasteiger partial charge is 0.144 e. The highest BCUT2D eigenvalue weighted by Crippen LogP contribution is 2.41. The van der Waals surface area contributed by atoms with Gasteiger partial charge in [-0.1, -0.05) is 103 Å². The van der Waals surface area contributed by atoms with Gasteiger partial charge in [-0.2, -0.15) is 0 Å². The Kier molecular flexibility index (Phi) is 5.73. The maximum absolute atomic E-state index is 6.81. The lowest BCUT2D eigenvalue weighted by atomic mass is 9.80. The monoisotopic (exact) mass is 380 g/mol. The van der Waals surface area contributed by atoms with Crippen molar-refractivity contribution in [2.24, 2.45) is 0 Å². The number of methoxy groups -OCH3 is 1. The average molecular weight is 380 g/mol. The minimum Gasteiger partial charge on any atom is -0.497 e. The van der Waals surface area contributed by atoms with E-state index < -0.39 is 5.60 Å². The molecule has 0 spiro atoms. The lowest BCUT2D eigenvalue weighted by Gasteiger charge is -2.36. The molecule has 144 valence electrons. The molecule has 0 heterocycles. The standard InChI is InChI=1S/C27H24O2/c1-28-26-19-17-25(18-20-26)27(23-13-7-3-8-14-23,24-15-9-4-10-16-24)29-21-22-11-5-2-6-12-22/h2-20H,21H2,1H3. The van der Waals surface area contributed by atoms with Gasteiger partial charge in [0.2, 0.25) is 0 Å². The molecule has 4 rings (SSSR count). The normalized spacial score (nSPS) is 11.2. The average Bonchev–Trinajstić information content (AvgIpc) is 2.82. The fraction of sp³-hybridized carbons (Fsp3) is 0.111. The SMILES string of the molecule is COc1ccc(C(OCc2ccccc2)(c2ccccc2)c2ccccc2)cc1. The van der Waals surface area contributed by atoms with E-state index >= 15 is 0 Å². The van der Waals surface area contributed by atoms with E-state index in [1.807, 2.05) is 42.5 Å². The molecule has 0 aliphatic carbocycles. The predicted octanol–water partition coefficient (Wildman–Crippen LogP) is 6.20. The Balaban J connectivity index is 1.89. The van der Waals surface area contributed by atoms with Crippen molar-refractivity contribution in [1.29, 1.82) is 0 Å². The Labute approximate surface area is 172 Å². The predicted molar refractivity (Wildman–Crippen MR) is 117 cm³/mol. The van der Waals surface area contributed by atoms with E-state index in [0.29, 0.717) is 6.61 Å². The zero-order valence-electron chi connectivity index (χ0n) is 16.5.